The van der Waals surface area contributed by atoms with Crippen molar-refractivity contribution in [2.45, 2.75) is 119 Å². The van der Waals surface area contributed by atoms with Crippen molar-refractivity contribution in [1.82, 2.24) is 0 Å². The van der Waals surface area contributed by atoms with Gasteiger partial charge in [0.05, 0.1) is 5.60 Å². The quantitative estimate of drug-likeness (QED) is 0.469. The highest BCUT2D eigenvalue weighted by Crippen LogP contribution is 2.64. The van der Waals surface area contributed by atoms with Crippen LogP contribution < -0.4 is 0 Å². The Bertz CT molecular complexity index is 862. The lowest BCUT2D eigenvalue weighted by Gasteiger charge is -2.61. The van der Waals surface area contributed by atoms with Crippen LogP contribution in [0.2, 0.25) is 0 Å². The Morgan fingerprint density at radius 3 is 1.97 bits per heavy atom. The van der Waals surface area contributed by atoms with Crippen molar-refractivity contribution in [3.8, 4) is 0 Å². The molecule has 0 heterocycles. The minimum Gasteiger partial charge on any atom is -0.390 e. The number of ketones is 2. The zero-order valence-corrected chi connectivity index (χ0v) is 22.5. The van der Waals surface area contributed by atoms with E-state index >= 15 is 0 Å². The van der Waals surface area contributed by atoms with Crippen LogP contribution in [0.4, 0.5) is 0 Å². The second kappa shape index (κ2) is 7.77. The van der Waals surface area contributed by atoms with Crippen molar-refractivity contribution in [2.75, 3.05) is 0 Å². The summed E-state index contributed by atoms with van der Waals surface area (Å²) >= 11 is 0. The maximum Gasteiger partial charge on any atom is 0.138 e. The molecule has 0 aliphatic heterocycles. The number of Topliss-reactive ketones (excluding diaryl/α,β-unsaturated/α-hetero) is 2. The summed E-state index contributed by atoms with van der Waals surface area (Å²) in [6.07, 6.45) is 10.4. The zero-order valence-electron chi connectivity index (χ0n) is 22.5. The molecule has 0 aromatic carbocycles. The van der Waals surface area contributed by atoms with Crippen LogP contribution in [-0.4, -0.2) is 22.3 Å². The fraction of sp³-hybridized carbons (Fsp3) is 0.867. The fourth-order valence-corrected chi connectivity index (χ4v) is 9.70. The molecule has 33 heavy (non-hydrogen) atoms. The predicted octanol–water partition coefficient (Wildman–Crippen LogP) is 6.92. The van der Waals surface area contributed by atoms with Gasteiger partial charge in [-0.1, -0.05) is 53.2 Å². The summed E-state index contributed by atoms with van der Waals surface area (Å²) in [5, 5.41) is 11.6. The first-order valence-corrected chi connectivity index (χ1v) is 13.5. The van der Waals surface area contributed by atoms with E-state index in [0.717, 1.165) is 44.9 Å². The van der Waals surface area contributed by atoms with Gasteiger partial charge in [0, 0.05) is 23.7 Å². The highest BCUT2D eigenvalue weighted by Gasteiger charge is 2.61. The molecule has 3 heteroatoms. The van der Waals surface area contributed by atoms with Crippen molar-refractivity contribution in [1.29, 1.82) is 0 Å². The normalized spacial score (nSPS) is 46.9. The van der Waals surface area contributed by atoms with E-state index in [9.17, 15) is 14.7 Å². The summed E-state index contributed by atoms with van der Waals surface area (Å²) < 4.78 is 0. The minimum atomic E-state index is -0.684. The van der Waals surface area contributed by atoms with Crippen molar-refractivity contribution < 1.29 is 14.7 Å². The average Bonchev–Trinajstić information content (AvgIpc) is 2.69. The first-order chi connectivity index (χ1) is 15.1. The summed E-state index contributed by atoms with van der Waals surface area (Å²) in [5.41, 5.74) is 0.370. The summed E-state index contributed by atoms with van der Waals surface area (Å²) in [6, 6.07) is 0. The molecule has 0 aromatic heterocycles. The third-order valence-electron chi connectivity index (χ3n) is 11.8. The van der Waals surface area contributed by atoms with Gasteiger partial charge >= 0.3 is 0 Å². The number of hydrogen-bond donors (Lipinski definition) is 1. The monoisotopic (exact) mass is 456 g/mol. The van der Waals surface area contributed by atoms with Gasteiger partial charge in [0.15, 0.2) is 0 Å². The lowest BCUT2D eigenvalue weighted by Crippen LogP contribution is -2.60. The van der Waals surface area contributed by atoms with Gasteiger partial charge in [-0.2, -0.15) is 0 Å². The van der Waals surface area contributed by atoms with E-state index in [0.29, 0.717) is 42.2 Å². The van der Waals surface area contributed by atoms with Gasteiger partial charge in [0.2, 0.25) is 0 Å². The van der Waals surface area contributed by atoms with Gasteiger partial charge in [0.1, 0.15) is 11.6 Å². The maximum atomic E-state index is 12.8. The Morgan fingerprint density at radius 2 is 1.36 bits per heavy atom. The molecule has 0 amide bonds. The number of carbonyl (C=O) groups excluding carboxylic acids is 2. The summed E-state index contributed by atoms with van der Waals surface area (Å²) in [4.78, 5) is 25.6. The molecule has 0 unspecified atom stereocenters. The van der Waals surface area contributed by atoms with E-state index in [2.05, 4.69) is 61.5 Å². The molecule has 186 valence electrons. The number of hydrogen-bond acceptors (Lipinski definition) is 3. The molecule has 4 rings (SSSR count). The molecule has 0 radical (unpaired) electrons. The molecule has 0 bridgehead atoms. The minimum absolute atomic E-state index is 0.00640. The SMILES string of the molecule is CC1=CC[C@H]2C(C)(C)C(=O)CC[C@]2(C)[C@@H]1CC[C@@H]1[C@@]2(C)CCC(=O)C(C)(C)[C@H]2CC[C@@]1(C)O. The topological polar surface area (TPSA) is 54.4 Å². The average molecular weight is 457 g/mol. The van der Waals surface area contributed by atoms with Gasteiger partial charge in [0.25, 0.3) is 0 Å². The van der Waals surface area contributed by atoms with E-state index in [4.69, 9.17) is 0 Å². The maximum absolute atomic E-state index is 12.8. The van der Waals surface area contributed by atoms with Gasteiger partial charge in [-0.3, -0.25) is 9.59 Å². The van der Waals surface area contributed by atoms with Gasteiger partial charge < -0.3 is 5.11 Å². The van der Waals surface area contributed by atoms with Crippen LogP contribution in [0.25, 0.3) is 0 Å². The number of rotatable bonds is 3. The molecule has 0 saturated heterocycles. The van der Waals surface area contributed by atoms with Crippen LogP contribution in [0, 0.1) is 45.3 Å². The molecule has 0 spiro atoms. The van der Waals surface area contributed by atoms with E-state index in [1.807, 2.05) is 0 Å². The first-order valence-electron chi connectivity index (χ1n) is 13.5. The van der Waals surface area contributed by atoms with Crippen molar-refractivity contribution in [3.05, 3.63) is 11.6 Å². The van der Waals surface area contributed by atoms with Crippen LogP contribution in [0.15, 0.2) is 11.6 Å². The second-order valence-electron chi connectivity index (χ2n) is 14.2. The molecular weight excluding hydrogens is 408 g/mol. The number of aliphatic hydroxyl groups is 1. The van der Waals surface area contributed by atoms with Gasteiger partial charge in [-0.25, -0.2) is 0 Å². The number of carbonyl (C=O) groups is 2. The first kappa shape index (κ1) is 25.1. The Kier molecular flexibility index (Phi) is 5.92. The van der Waals surface area contributed by atoms with Crippen LogP contribution in [0.5, 0.6) is 0 Å². The molecule has 3 nitrogen and oxygen atoms in total. The molecule has 3 saturated carbocycles. The number of fused-ring (bicyclic) bond motifs is 2. The standard InChI is InChI=1S/C30H48O3/c1-19-9-11-21-26(2,3)24(31)14-16-28(21,6)20(19)10-12-23-29(7)17-15-25(32)27(4,5)22(29)13-18-30(23,8)33/h9,20-23,33H,10-18H2,1-8H3/t20-,21+,22-,23-,28-,29+,30-/m1/s1. The van der Waals surface area contributed by atoms with Gasteiger partial charge in [-0.05, 0) is 93.3 Å². The molecular formula is C30H48O3. The molecule has 0 aromatic rings. The zero-order chi connectivity index (χ0) is 24.6. The van der Waals surface area contributed by atoms with E-state index < -0.39 is 5.60 Å². The number of allylic oxidation sites excluding steroid dienone is 2. The third kappa shape index (κ3) is 3.62. The Labute approximate surface area is 202 Å². The molecule has 4 aliphatic rings. The third-order valence-corrected chi connectivity index (χ3v) is 11.8. The van der Waals surface area contributed by atoms with Crippen molar-refractivity contribution in [3.63, 3.8) is 0 Å². The lowest BCUT2D eigenvalue weighted by atomic mass is 9.44. The van der Waals surface area contributed by atoms with Crippen LogP contribution in [0.3, 0.4) is 0 Å². The van der Waals surface area contributed by atoms with Gasteiger partial charge in [-0.15, -0.1) is 0 Å². The molecule has 4 aliphatic carbocycles. The highest BCUT2D eigenvalue weighted by molar-refractivity contribution is 5.86. The molecule has 1 N–H and O–H groups in total. The fourth-order valence-electron chi connectivity index (χ4n) is 9.70. The lowest BCUT2D eigenvalue weighted by molar-refractivity contribution is -0.179. The summed E-state index contributed by atoms with van der Waals surface area (Å²) in [5.74, 6) is 2.22. The van der Waals surface area contributed by atoms with Crippen LogP contribution in [-0.2, 0) is 9.59 Å². The molecule has 3 fully saturated rings. The van der Waals surface area contributed by atoms with E-state index in [1.165, 1.54) is 5.57 Å². The van der Waals surface area contributed by atoms with E-state index in [-0.39, 0.29) is 27.6 Å². The largest absolute Gasteiger partial charge is 0.390 e. The molecule has 7 atom stereocenters. The van der Waals surface area contributed by atoms with E-state index in [1.54, 1.807) is 0 Å². The van der Waals surface area contributed by atoms with Crippen molar-refractivity contribution >= 4 is 11.6 Å². The predicted molar refractivity (Wildman–Crippen MR) is 134 cm³/mol. The smallest absolute Gasteiger partial charge is 0.138 e. The van der Waals surface area contributed by atoms with Crippen LogP contribution in [0.1, 0.15) is 113 Å². The van der Waals surface area contributed by atoms with Crippen LogP contribution >= 0.6 is 0 Å². The Hall–Kier alpha value is -0.960. The summed E-state index contributed by atoms with van der Waals surface area (Å²) in [7, 11) is 0. The summed E-state index contributed by atoms with van der Waals surface area (Å²) in [6.45, 7) is 17.8. The van der Waals surface area contributed by atoms with Crippen molar-refractivity contribution in [2.24, 2.45) is 45.3 Å². The Balaban J connectivity index is 1.63. The highest BCUT2D eigenvalue weighted by atomic mass is 16.3. The Morgan fingerprint density at radius 1 is 0.818 bits per heavy atom. The second-order valence-corrected chi connectivity index (χ2v) is 14.2.